The van der Waals surface area contributed by atoms with Gasteiger partial charge in [0, 0.05) is 5.56 Å². The number of hydrogen-bond donors (Lipinski definition) is 0. The summed E-state index contributed by atoms with van der Waals surface area (Å²) in [7, 11) is 0. The number of benzene rings is 2. The predicted octanol–water partition coefficient (Wildman–Crippen LogP) is 4.10. The molecule has 2 aromatic rings. The third-order valence-corrected chi connectivity index (χ3v) is 2.65. The van der Waals surface area contributed by atoms with Gasteiger partial charge in [-0.1, -0.05) is 42.5 Å². The van der Waals surface area contributed by atoms with Crippen molar-refractivity contribution in [1.29, 1.82) is 0 Å². The van der Waals surface area contributed by atoms with Crippen LogP contribution in [0.5, 0.6) is 0 Å². The van der Waals surface area contributed by atoms with E-state index in [1.807, 2.05) is 36.4 Å². The van der Waals surface area contributed by atoms with Crippen LogP contribution in [0, 0.1) is 5.82 Å². The third-order valence-electron chi connectivity index (χ3n) is 2.04. The molecule has 2 rings (SSSR count). The summed E-state index contributed by atoms with van der Waals surface area (Å²) >= 11 is 3.17. The van der Waals surface area contributed by atoms with Gasteiger partial charge >= 0.3 is 23.1 Å². The molecule has 0 N–H and O–H groups in total. The van der Waals surface area contributed by atoms with E-state index in [0.29, 0.717) is 10.0 Å². The van der Waals surface area contributed by atoms with E-state index in [4.69, 9.17) is 0 Å². The smallest absolute Gasteiger partial charge is 1.00 e. The van der Waals surface area contributed by atoms with E-state index in [-0.39, 0.29) is 31.7 Å². The van der Waals surface area contributed by atoms with Gasteiger partial charge < -0.3 is 2.85 Å². The predicted molar refractivity (Wildman–Crippen MR) is 67.5 cm³/mol. The monoisotopic (exact) mass is 276 g/mol. The molecule has 0 spiro atoms. The van der Waals surface area contributed by atoms with E-state index in [1.54, 1.807) is 12.1 Å². The molecule has 74 valence electrons. The first-order valence-electron chi connectivity index (χ1n) is 4.28. The van der Waals surface area contributed by atoms with Crippen molar-refractivity contribution in [3.63, 3.8) is 0 Å². The van der Waals surface area contributed by atoms with Crippen molar-refractivity contribution in [2.24, 2.45) is 0 Å². The van der Waals surface area contributed by atoms with Crippen LogP contribution >= 0.6 is 15.9 Å². The Morgan fingerprint density at radius 1 is 0.933 bits per heavy atom. The second-order valence-electron chi connectivity index (χ2n) is 2.97. The summed E-state index contributed by atoms with van der Waals surface area (Å²) in [5.74, 6) is -0.210. The fourth-order valence-corrected chi connectivity index (χ4v) is 1.71. The maximum atomic E-state index is 13.6. The van der Waals surface area contributed by atoms with Gasteiger partial charge in [-0.25, -0.2) is 4.39 Å². The molecule has 2 aromatic carbocycles. The van der Waals surface area contributed by atoms with Gasteiger partial charge in [0.25, 0.3) is 0 Å². The van der Waals surface area contributed by atoms with E-state index in [0.717, 1.165) is 5.56 Å². The molecule has 0 aliphatic heterocycles. The first-order valence-corrected chi connectivity index (χ1v) is 5.08. The van der Waals surface area contributed by atoms with Crippen LogP contribution in [0.3, 0.4) is 0 Å². The molecule has 0 unspecified atom stereocenters. The first kappa shape index (κ1) is 12.7. The summed E-state index contributed by atoms with van der Waals surface area (Å²) in [6.07, 6.45) is 0. The van der Waals surface area contributed by atoms with E-state index < -0.39 is 0 Å². The zero-order valence-electron chi connectivity index (χ0n) is 10.1. The van der Waals surface area contributed by atoms with Crippen LogP contribution < -0.4 is 0 Å². The molecule has 15 heavy (non-hydrogen) atoms. The van der Waals surface area contributed by atoms with Crippen molar-refractivity contribution in [2.45, 2.75) is 0 Å². The molecule has 0 nitrogen and oxygen atoms in total. The standard InChI is InChI=1S/C12H8BrF.Mg.2H/c13-11-8-4-7-10(12(11)14)9-5-2-1-3-6-9;;;/h1-8H;;;/q;+2;2*-1. The Kier molecular flexibility index (Phi) is 4.76. The molecule has 0 aromatic heterocycles. The fraction of sp³-hybridized carbons (Fsp3) is 0. The Bertz CT molecular complexity index is 452. The summed E-state index contributed by atoms with van der Waals surface area (Å²) in [5, 5.41) is 0. The molecule has 0 heterocycles. The van der Waals surface area contributed by atoms with E-state index in [9.17, 15) is 4.39 Å². The van der Waals surface area contributed by atoms with Crippen molar-refractivity contribution < 1.29 is 7.24 Å². The minimum absolute atomic E-state index is 0. The molecule has 0 bridgehead atoms. The topological polar surface area (TPSA) is 0 Å². The van der Waals surface area contributed by atoms with E-state index in [1.165, 1.54) is 0 Å². The molecule has 0 radical (unpaired) electrons. The maximum absolute atomic E-state index is 13.6. The average molecular weight is 277 g/mol. The average Bonchev–Trinajstić information content (AvgIpc) is 2.23. The second kappa shape index (κ2) is 5.63. The van der Waals surface area contributed by atoms with Crippen molar-refractivity contribution >= 4 is 39.0 Å². The van der Waals surface area contributed by atoms with Crippen LogP contribution in [0.1, 0.15) is 2.85 Å². The van der Waals surface area contributed by atoms with Crippen LogP contribution in [0.25, 0.3) is 11.1 Å². The summed E-state index contributed by atoms with van der Waals surface area (Å²) in [6, 6.07) is 14.8. The summed E-state index contributed by atoms with van der Waals surface area (Å²) < 4.78 is 14.1. The van der Waals surface area contributed by atoms with Gasteiger partial charge in [-0.15, -0.1) is 0 Å². The van der Waals surface area contributed by atoms with Gasteiger partial charge in [0.05, 0.1) is 4.47 Å². The van der Waals surface area contributed by atoms with E-state index in [2.05, 4.69) is 15.9 Å². The van der Waals surface area contributed by atoms with Crippen LogP contribution in [0.15, 0.2) is 53.0 Å². The maximum Gasteiger partial charge on any atom is 2.00 e. The van der Waals surface area contributed by atoms with Gasteiger partial charge in [-0.2, -0.15) is 0 Å². The van der Waals surface area contributed by atoms with E-state index >= 15 is 0 Å². The van der Waals surface area contributed by atoms with Crippen molar-refractivity contribution in [1.82, 2.24) is 0 Å². The molecule has 0 atom stereocenters. The fourth-order valence-electron chi connectivity index (χ4n) is 1.34. The number of hydrogen-bond acceptors (Lipinski definition) is 0. The van der Waals surface area contributed by atoms with Gasteiger partial charge in [0.1, 0.15) is 5.82 Å². The van der Waals surface area contributed by atoms with Crippen molar-refractivity contribution in [3.05, 3.63) is 58.8 Å². The molecule has 0 amide bonds. The molecule has 0 aliphatic carbocycles. The zero-order valence-corrected chi connectivity index (χ0v) is 11.1. The molecular formula is C12H10BrFMg. The van der Waals surface area contributed by atoms with Crippen LogP contribution in [0.2, 0.25) is 0 Å². The van der Waals surface area contributed by atoms with Crippen molar-refractivity contribution in [2.75, 3.05) is 0 Å². The van der Waals surface area contributed by atoms with Gasteiger partial charge in [0.15, 0.2) is 0 Å². The van der Waals surface area contributed by atoms with Crippen molar-refractivity contribution in [3.8, 4) is 11.1 Å². The number of halogens is 2. The zero-order chi connectivity index (χ0) is 9.97. The summed E-state index contributed by atoms with van der Waals surface area (Å²) in [5.41, 5.74) is 1.52. The minimum Gasteiger partial charge on any atom is -1.00 e. The SMILES string of the molecule is Fc1c(Br)cccc1-c1ccccc1.[H-].[H-].[Mg+2]. The molecule has 0 saturated heterocycles. The van der Waals surface area contributed by atoms with Crippen LogP contribution in [-0.4, -0.2) is 23.1 Å². The molecule has 0 saturated carbocycles. The first-order chi connectivity index (χ1) is 6.79. The largest absolute Gasteiger partial charge is 2.00 e. The Hall–Kier alpha value is -0.384. The Balaban J connectivity index is 0. The Morgan fingerprint density at radius 3 is 2.27 bits per heavy atom. The summed E-state index contributed by atoms with van der Waals surface area (Å²) in [6.45, 7) is 0. The van der Waals surface area contributed by atoms with Gasteiger partial charge in [-0.3, -0.25) is 0 Å². The minimum atomic E-state index is -0.210. The Morgan fingerprint density at radius 2 is 1.60 bits per heavy atom. The van der Waals surface area contributed by atoms with Gasteiger partial charge in [0.2, 0.25) is 0 Å². The molecule has 3 heteroatoms. The molecule has 0 fully saturated rings. The Labute approximate surface area is 116 Å². The normalized spacial score (nSPS) is 9.47. The van der Waals surface area contributed by atoms with Crippen LogP contribution in [-0.2, 0) is 0 Å². The molecular weight excluding hydrogens is 267 g/mol. The third kappa shape index (κ3) is 2.80. The molecule has 0 aliphatic rings. The summed E-state index contributed by atoms with van der Waals surface area (Å²) in [4.78, 5) is 0. The second-order valence-corrected chi connectivity index (χ2v) is 3.82. The quantitative estimate of drug-likeness (QED) is 0.688. The van der Waals surface area contributed by atoms with Gasteiger partial charge in [-0.05, 0) is 27.6 Å². The van der Waals surface area contributed by atoms with Crippen LogP contribution in [0.4, 0.5) is 4.39 Å². The number of rotatable bonds is 1.